The van der Waals surface area contributed by atoms with Crippen LogP contribution in [0.1, 0.15) is 23.2 Å². The van der Waals surface area contributed by atoms with Gasteiger partial charge in [0.05, 0.1) is 5.75 Å². The number of amides is 1. The first kappa shape index (κ1) is 16.2. The molecule has 1 fully saturated rings. The van der Waals surface area contributed by atoms with Gasteiger partial charge in [0.25, 0.3) is 5.56 Å². The third kappa shape index (κ3) is 3.99. The van der Waals surface area contributed by atoms with Gasteiger partial charge in [-0.1, -0.05) is 11.8 Å². The van der Waals surface area contributed by atoms with E-state index in [4.69, 9.17) is 0 Å². The highest BCUT2D eigenvalue weighted by molar-refractivity contribution is 7.99. The standard InChI is InChI=1S/C15H14N4O4S/c20-11(7-24-14-13(22)17-15(23)19-18-14)8-3-5-10(6-4-8)16-12(21)9-1-2-9/h3-6,9H,1-2,7H2,(H,16,21)(H2,17,19,22,23). The predicted octanol–water partition coefficient (Wildman–Crippen LogP) is 0.782. The normalized spacial score (nSPS) is 13.5. The number of aromatic amines is 2. The molecule has 9 heteroatoms. The van der Waals surface area contributed by atoms with Crippen molar-refractivity contribution in [3.8, 4) is 0 Å². The molecule has 3 rings (SSSR count). The largest absolute Gasteiger partial charge is 0.342 e. The van der Waals surface area contributed by atoms with Crippen molar-refractivity contribution in [1.29, 1.82) is 0 Å². The molecule has 1 aromatic carbocycles. The van der Waals surface area contributed by atoms with Crippen molar-refractivity contribution >= 4 is 29.1 Å². The highest BCUT2D eigenvalue weighted by Gasteiger charge is 2.29. The van der Waals surface area contributed by atoms with Crippen LogP contribution in [0.4, 0.5) is 5.69 Å². The summed E-state index contributed by atoms with van der Waals surface area (Å²) in [5.41, 5.74) is -0.211. The van der Waals surface area contributed by atoms with Crippen molar-refractivity contribution in [3.05, 3.63) is 50.7 Å². The smallest absolute Gasteiger partial charge is 0.326 e. The highest BCUT2D eigenvalue weighted by atomic mass is 32.2. The maximum atomic E-state index is 12.1. The molecular formula is C15H14N4O4S. The van der Waals surface area contributed by atoms with Gasteiger partial charge in [0.15, 0.2) is 10.8 Å². The lowest BCUT2D eigenvalue weighted by Crippen LogP contribution is -2.25. The van der Waals surface area contributed by atoms with Gasteiger partial charge in [0.2, 0.25) is 5.91 Å². The quantitative estimate of drug-likeness (QED) is 0.524. The summed E-state index contributed by atoms with van der Waals surface area (Å²) in [5, 5.41) is 8.53. The zero-order valence-corrected chi connectivity index (χ0v) is 13.3. The summed E-state index contributed by atoms with van der Waals surface area (Å²) in [6.07, 6.45) is 1.86. The first-order valence-electron chi connectivity index (χ1n) is 7.29. The minimum absolute atomic E-state index is 0.00741. The van der Waals surface area contributed by atoms with E-state index in [2.05, 4.69) is 15.5 Å². The molecule has 0 spiro atoms. The molecule has 0 unspecified atom stereocenters. The molecule has 8 nitrogen and oxygen atoms in total. The molecule has 124 valence electrons. The molecule has 2 aromatic rings. The van der Waals surface area contributed by atoms with E-state index in [-0.39, 0.29) is 28.4 Å². The van der Waals surface area contributed by atoms with Crippen molar-refractivity contribution in [1.82, 2.24) is 15.2 Å². The van der Waals surface area contributed by atoms with E-state index in [1.807, 2.05) is 4.98 Å². The van der Waals surface area contributed by atoms with Crippen LogP contribution in [-0.4, -0.2) is 32.6 Å². The lowest BCUT2D eigenvalue weighted by atomic mass is 10.1. The van der Waals surface area contributed by atoms with Gasteiger partial charge in [0.1, 0.15) is 0 Å². The average Bonchev–Trinajstić information content (AvgIpc) is 3.39. The Hall–Kier alpha value is -2.68. The second-order valence-corrected chi connectivity index (χ2v) is 6.33. The summed E-state index contributed by atoms with van der Waals surface area (Å²) in [5.74, 6) is -0.0540. The van der Waals surface area contributed by atoms with Crippen molar-refractivity contribution < 1.29 is 9.59 Å². The van der Waals surface area contributed by atoms with E-state index in [1.54, 1.807) is 24.3 Å². The van der Waals surface area contributed by atoms with Crippen LogP contribution in [0.3, 0.4) is 0 Å². The number of benzene rings is 1. The zero-order valence-electron chi connectivity index (χ0n) is 12.5. The van der Waals surface area contributed by atoms with Crippen molar-refractivity contribution in [2.45, 2.75) is 17.9 Å². The summed E-state index contributed by atoms with van der Waals surface area (Å²) < 4.78 is 0. The first-order valence-corrected chi connectivity index (χ1v) is 8.27. The maximum absolute atomic E-state index is 12.1. The van der Waals surface area contributed by atoms with Crippen LogP contribution in [0.5, 0.6) is 0 Å². The molecule has 3 N–H and O–H groups in total. The number of carbonyl (C=O) groups excluding carboxylic acids is 2. The molecule has 1 aliphatic carbocycles. The second kappa shape index (κ2) is 6.83. The first-order chi connectivity index (χ1) is 11.5. The number of H-pyrrole nitrogens is 2. The van der Waals surface area contributed by atoms with Crippen LogP contribution in [0, 0.1) is 5.92 Å². The van der Waals surface area contributed by atoms with Crippen LogP contribution >= 0.6 is 11.8 Å². The van der Waals surface area contributed by atoms with Gasteiger partial charge in [-0.25, -0.2) is 9.89 Å². The van der Waals surface area contributed by atoms with Crippen LogP contribution < -0.4 is 16.6 Å². The lowest BCUT2D eigenvalue weighted by Gasteiger charge is -2.05. The number of ketones is 1. The lowest BCUT2D eigenvalue weighted by molar-refractivity contribution is -0.117. The maximum Gasteiger partial charge on any atom is 0.342 e. The summed E-state index contributed by atoms with van der Waals surface area (Å²) >= 11 is 0.941. The van der Waals surface area contributed by atoms with E-state index in [0.717, 1.165) is 24.6 Å². The Bertz CT molecular complexity index is 883. The monoisotopic (exact) mass is 346 g/mol. The van der Waals surface area contributed by atoms with E-state index >= 15 is 0 Å². The topological polar surface area (TPSA) is 125 Å². The Morgan fingerprint density at radius 3 is 2.54 bits per heavy atom. The number of nitrogens with zero attached hydrogens (tertiary/aromatic N) is 1. The van der Waals surface area contributed by atoms with Gasteiger partial charge in [0, 0.05) is 17.2 Å². The fourth-order valence-electron chi connectivity index (χ4n) is 1.98. The number of hydrogen-bond donors (Lipinski definition) is 3. The van der Waals surface area contributed by atoms with Crippen LogP contribution in [0.15, 0.2) is 38.9 Å². The Kier molecular flexibility index (Phi) is 4.61. The molecule has 1 aliphatic rings. The van der Waals surface area contributed by atoms with Gasteiger partial charge >= 0.3 is 5.69 Å². The predicted molar refractivity (Wildman–Crippen MR) is 88.3 cm³/mol. The number of carbonyl (C=O) groups is 2. The van der Waals surface area contributed by atoms with Crippen molar-refractivity contribution in [3.63, 3.8) is 0 Å². The SMILES string of the molecule is O=C(CSc1n[nH]c(=O)[nH]c1=O)c1ccc(NC(=O)C2CC2)cc1. The van der Waals surface area contributed by atoms with Crippen molar-refractivity contribution in [2.24, 2.45) is 5.92 Å². The number of rotatable bonds is 6. The fraction of sp³-hybridized carbons (Fsp3) is 0.267. The molecule has 0 atom stereocenters. The molecule has 0 radical (unpaired) electrons. The van der Waals surface area contributed by atoms with Crippen LogP contribution in [-0.2, 0) is 4.79 Å². The Morgan fingerprint density at radius 1 is 1.21 bits per heavy atom. The van der Waals surface area contributed by atoms with Gasteiger partial charge in [-0.15, -0.1) is 0 Å². The number of thioether (sulfide) groups is 1. The van der Waals surface area contributed by atoms with Crippen molar-refractivity contribution in [2.75, 3.05) is 11.1 Å². The number of nitrogens with one attached hydrogen (secondary N) is 3. The summed E-state index contributed by atoms with van der Waals surface area (Å²) in [6, 6.07) is 6.58. The Labute approximate surface area is 140 Å². The third-order valence-electron chi connectivity index (χ3n) is 3.44. The number of anilines is 1. The van der Waals surface area contributed by atoms with E-state index in [0.29, 0.717) is 11.3 Å². The Morgan fingerprint density at radius 2 is 1.92 bits per heavy atom. The zero-order chi connectivity index (χ0) is 17.1. The molecule has 1 aromatic heterocycles. The molecule has 1 heterocycles. The second-order valence-electron chi connectivity index (χ2n) is 5.36. The van der Waals surface area contributed by atoms with Gasteiger partial charge < -0.3 is 5.32 Å². The average molecular weight is 346 g/mol. The number of hydrogen-bond acceptors (Lipinski definition) is 6. The van der Waals surface area contributed by atoms with Gasteiger partial charge in [-0.3, -0.25) is 19.4 Å². The van der Waals surface area contributed by atoms with E-state index in [9.17, 15) is 19.2 Å². The number of aromatic nitrogens is 3. The fourth-order valence-corrected chi connectivity index (χ4v) is 2.71. The van der Waals surface area contributed by atoms with E-state index in [1.165, 1.54) is 0 Å². The summed E-state index contributed by atoms with van der Waals surface area (Å²) in [7, 11) is 0. The van der Waals surface area contributed by atoms with Gasteiger partial charge in [-0.2, -0.15) is 5.10 Å². The number of Topliss-reactive ketones (excluding diaryl/α,β-unsaturated/α-hetero) is 1. The molecule has 0 bridgehead atoms. The minimum Gasteiger partial charge on any atom is -0.326 e. The third-order valence-corrected chi connectivity index (χ3v) is 4.40. The summed E-state index contributed by atoms with van der Waals surface area (Å²) in [4.78, 5) is 48.2. The molecular weight excluding hydrogens is 332 g/mol. The molecule has 0 saturated heterocycles. The van der Waals surface area contributed by atoms with Gasteiger partial charge in [-0.05, 0) is 37.1 Å². The Balaban J connectivity index is 1.59. The van der Waals surface area contributed by atoms with Crippen LogP contribution in [0.25, 0.3) is 0 Å². The molecule has 1 saturated carbocycles. The molecule has 24 heavy (non-hydrogen) atoms. The van der Waals surface area contributed by atoms with Crippen LogP contribution in [0.2, 0.25) is 0 Å². The highest BCUT2D eigenvalue weighted by Crippen LogP contribution is 2.30. The summed E-state index contributed by atoms with van der Waals surface area (Å²) in [6.45, 7) is 0. The van der Waals surface area contributed by atoms with E-state index < -0.39 is 11.2 Å². The molecule has 1 amide bonds. The molecule has 0 aliphatic heterocycles. The minimum atomic E-state index is -0.695.